The Labute approximate surface area is 228 Å². The molecule has 2 aromatic rings. The van der Waals surface area contributed by atoms with Gasteiger partial charge in [0.2, 0.25) is 5.91 Å². The highest BCUT2D eigenvalue weighted by molar-refractivity contribution is 6.30. The number of halogens is 2. The number of hydrogen-bond donors (Lipinski definition) is 1. The predicted octanol–water partition coefficient (Wildman–Crippen LogP) is 6.64. The first-order chi connectivity index (χ1) is 17.7. The van der Waals surface area contributed by atoms with Gasteiger partial charge in [-0.05, 0) is 67.5 Å². The zero-order chi connectivity index (χ0) is 26.7. The SMILES string of the molecule is C=CC[C@@]1(C)C[C@H](c2cccc(Cl)c2)[C@@H](c2ccc(Cl)cc2)N(C(CC)C(=O)O/N=C(/N)C2CC2)C1=O. The van der Waals surface area contributed by atoms with E-state index in [2.05, 4.69) is 11.7 Å². The smallest absolute Gasteiger partial charge is 0.357 e. The van der Waals surface area contributed by atoms with Crippen LogP contribution in [0.25, 0.3) is 0 Å². The lowest BCUT2D eigenvalue weighted by molar-refractivity contribution is -0.167. The number of allylic oxidation sites excluding steroid dienone is 1. The Balaban J connectivity index is 1.83. The maximum Gasteiger partial charge on any atom is 0.357 e. The standard InChI is InChI=1S/C29H33Cl2N3O3/c1-4-15-29(3)17-23(20-7-6-8-22(31)16-20)25(18-11-13-21(30)14-12-18)34(28(29)36)24(5-2)27(35)37-33-26(32)19-9-10-19/h4,6-8,11-14,16,19,23-25H,1,5,9-10,15,17H2,2-3H3,(H2,32,33)/t23-,24?,25-,29+/m1/s1. The maximum atomic E-state index is 14.3. The molecule has 8 heteroatoms. The normalized spacial score (nSPS) is 25.0. The fourth-order valence-electron chi connectivity index (χ4n) is 5.32. The minimum atomic E-state index is -0.866. The fourth-order valence-corrected chi connectivity index (χ4v) is 5.64. The Morgan fingerprint density at radius 1 is 1.22 bits per heavy atom. The summed E-state index contributed by atoms with van der Waals surface area (Å²) in [5.74, 6) is -0.408. The van der Waals surface area contributed by atoms with Crippen molar-refractivity contribution in [3.63, 3.8) is 0 Å². The molecule has 2 aliphatic rings. The lowest BCUT2D eigenvalue weighted by Gasteiger charge is -2.51. The largest absolute Gasteiger partial charge is 0.384 e. The van der Waals surface area contributed by atoms with Gasteiger partial charge in [0, 0.05) is 21.9 Å². The van der Waals surface area contributed by atoms with Crippen LogP contribution in [0.2, 0.25) is 10.0 Å². The molecule has 0 spiro atoms. The summed E-state index contributed by atoms with van der Waals surface area (Å²) in [6.45, 7) is 7.69. The summed E-state index contributed by atoms with van der Waals surface area (Å²) >= 11 is 12.6. The molecule has 1 aliphatic heterocycles. The van der Waals surface area contributed by atoms with Crippen LogP contribution in [0, 0.1) is 11.3 Å². The average molecular weight is 543 g/mol. The number of oxime groups is 1. The molecule has 0 bridgehead atoms. The number of hydrogen-bond acceptors (Lipinski definition) is 4. The van der Waals surface area contributed by atoms with Gasteiger partial charge in [0.1, 0.15) is 11.9 Å². The third-order valence-corrected chi connectivity index (χ3v) is 7.90. The van der Waals surface area contributed by atoms with Gasteiger partial charge in [-0.15, -0.1) is 6.58 Å². The minimum absolute atomic E-state index is 0.131. The zero-order valence-electron chi connectivity index (χ0n) is 21.2. The van der Waals surface area contributed by atoms with E-state index in [0.717, 1.165) is 24.0 Å². The Hall–Kier alpha value is -2.83. The molecule has 37 heavy (non-hydrogen) atoms. The van der Waals surface area contributed by atoms with Gasteiger partial charge < -0.3 is 15.5 Å². The van der Waals surface area contributed by atoms with E-state index in [4.69, 9.17) is 33.8 Å². The topological polar surface area (TPSA) is 85.0 Å². The fraction of sp³-hybridized carbons (Fsp3) is 0.414. The Morgan fingerprint density at radius 2 is 1.92 bits per heavy atom. The molecule has 1 saturated carbocycles. The van der Waals surface area contributed by atoms with Crippen molar-refractivity contribution < 1.29 is 14.4 Å². The van der Waals surface area contributed by atoms with Crippen LogP contribution in [-0.2, 0) is 14.4 Å². The first-order valence-corrected chi connectivity index (χ1v) is 13.4. The molecule has 2 fully saturated rings. The van der Waals surface area contributed by atoms with E-state index in [1.165, 1.54) is 0 Å². The molecule has 4 atom stereocenters. The Bertz CT molecular complexity index is 1200. The summed E-state index contributed by atoms with van der Waals surface area (Å²) in [5, 5.41) is 5.10. The number of amides is 1. The molecular weight excluding hydrogens is 509 g/mol. The van der Waals surface area contributed by atoms with E-state index < -0.39 is 23.5 Å². The van der Waals surface area contributed by atoms with Crippen molar-refractivity contribution in [2.75, 3.05) is 0 Å². The third-order valence-electron chi connectivity index (χ3n) is 7.42. The quantitative estimate of drug-likeness (QED) is 0.127. The van der Waals surface area contributed by atoms with Crippen molar-refractivity contribution in [2.45, 2.75) is 64.0 Å². The average Bonchev–Trinajstić information content (AvgIpc) is 3.72. The molecule has 1 amide bonds. The number of carbonyl (C=O) groups is 2. The molecule has 1 heterocycles. The van der Waals surface area contributed by atoms with E-state index in [1.54, 1.807) is 23.1 Å². The van der Waals surface area contributed by atoms with Crippen LogP contribution in [0.5, 0.6) is 0 Å². The maximum absolute atomic E-state index is 14.3. The van der Waals surface area contributed by atoms with Gasteiger partial charge in [0.25, 0.3) is 0 Å². The molecule has 1 aliphatic carbocycles. The summed E-state index contributed by atoms with van der Waals surface area (Å²) in [7, 11) is 0. The molecule has 1 saturated heterocycles. The van der Waals surface area contributed by atoms with Gasteiger partial charge in [-0.3, -0.25) is 4.79 Å². The van der Waals surface area contributed by atoms with Crippen LogP contribution < -0.4 is 5.73 Å². The second kappa shape index (κ2) is 11.3. The summed E-state index contributed by atoms with van der Waals surface area (Å²) < 4.78 is 0. The van der Waals surface area contributed by atoms with E-state index in [1.807, 2.05) is 50.2 Å². The molecule has 6 nitrogen and oxygen atoms in total. The molecule has 4 rings (SSSR count). The van der Waals surface area contributed by atoms with E-state index in [-0.39, 0.29) is 17.7 Å². The van der Waals surface area contributed by atoms with E-state index in [0.29, 0.717) is 35.1 Å². The second-order valence-corrected chi connectivity index (χ2v) is 11.1. The number of carbonyl (C=O) groups excluding carboxylic acids is 2. The number of nitrogens with two attached hydrogens (primary N) is 1. The van der Waals surface area contributed by atoms with Crippen LogP contribution in [-0.4, -0.2) is 28.7 Å². The highest BCUT2D eigenvalue weighted by Crippen LogP contribution is 2.52. The highest BCUT2D eigenvalue weighted by Gasteiger charge is 2.52. The van der Waals surface area contributed by atoms with Crippen LogP contribution >= 0.6 is 23.2 Å². The number of amidine groups is 1. The third kappa shape index (κ3) is 5.86. The van der Waals surface area contributed by atoms with Crippen molar-refractivity contribution in [1.82, 2.24) is 4.90 Å². The number of nitrogens with zero attached hydrogens (tertiary/aromatic N) is 2. The minimum Gasteiger partial charge on any atom is -0.384 e. The first-order valence-electron chi connectivity index (χ1n) is 12.7. The zero-order valence-corrected chi connectivity index (χ0v) is 22.7. The lowest BCUT2D eigenvalue weighted by atomic mass is 9.67. The van der Waals surface area contributed by atoms with Crippen LogP contribution in [0.1, 0.15) is 69.0 Å². The van der Waals surface area contributed by atoms with Crippen molar-refractivity contribution in [3.05, 3.63) is 82.4 Å². The second-order valence-electron chi connectivity index (χ2n) is 10.3. The summed E-state index contributed by atoms with van der Waals surface area (Å²) in [4.78, 5) is 34.7. The molecule has 2 aromatic carbocycles. The van der Waals surface area contributed by atoms with E-state index in [9.17, 15) is 9.59 Å². The van der Waals surface area contributed by atoms with Gasteiger partial charge in [-0.2, -0.15) is 0 Å². The van der Waals surface area contributed by atoms with Crippen LogP contribution in [0.15, 0.2) is 66.3 Å². The Morgan fingerprint density at radius 3 is 2.51 bits per heavy atom. The molecule has 2 N–H and O–H groups in total. The number of likely N-dealkylation sites (tertiary alicyclic amines) is 1. The Kier molecular flexibility index (Phi) is 8.29. The van der Waals surface area contributed by atoms with Gasteiger partial charge >= 0.3 is 5.97 Å². The van der Waals surface area contributed by atoms with Crippen molar-refractivity contribution in [2.24, 2.45) is 22.2 Å². The molecule has 0 radical (unpaired) electrons. The monoisotopic (exact) mass is 541 g/mol. The van der Waals surface area contributed by atoms with Crippen LogP contribution in [0.3, 0.4) is 0 Å². The van der Waals surface area contributed by atoms with E-state index >= 15 is 0 Å². The molecule has 0 aromatic heterocycles. The molecular formula is C29H33Cl2N3O3. The lowest BCUT2D eigenvalue weighted by Crippen LogP contribution is -2.57. The predicted molar refractivity (Wildman–Crippen MR) is 147 cm³/mol. The highest BCUT2D eigenvalue weighted by atomic mass is 35.5. The summed E-state index contributed by atoms with van der Waals surface area (Å²) in [6.07, 6.45) is 5.00. The van der Waals surface area contributed by atoms with Gasteiger partial charge in [-0.25, -0.2) is 4.79 Å². The first kappa shape index (κ1) is 27.2. The summed E-state index contributed by atoms with van der Waals surface area (Å²) in [6, 6.07) is 13.8. The van der Waals surface area contributed by atoms with Gasteiger partial charge in [0.05, 0.1) is 11.5 Å². The van der Waals surface area contributed by atoms with Gasteiger partial charge in [-0.1, -0.05) is 72.5 Å². The number of rotatable bonds is 9. The number of piperidine rings is 1. The summed E-state index contributed by atoms with van der Waals surface area (Å²) in [5.41, 5.74) is 7.04. The molecule has 196 valence electrons. The van der Waals surface area contributed by atoms with Crippen molar-refractivity contribution >= 4 is 40.9 Å². The van der Waals surface area contributed by atoms with Crippen LogP contribution in [0.4, 0.5) is 0 Å². The van der Waals surface area contributed by atoms with Gasteiger partial charge in [0.15, 0.2) is 0 Å². The molecule has 1 unspecified atom stereocenters. The number of benzene rings is 2. The van der Waals surface area contributed by atoms with Crippen molar-refractivity contribution in [3.8, 4) is 0 Å². The van der Waals surface area contributed by atoms with Crippen molar-refractivity contribution in [1.29, 1.82) is 0 Å².